The second kappa shape index (κ2) is 1.61. The molecule has 1 aliphatic heterocycles. The van der Waals surface area contributed by atoms with Crippen molar-refractivity contribution in [2.75, 3.05) is 0 Å². The lowest BCUT2D eigenvalue weighted by Crippen LogP contribution is -2.01. The molecule has 2 N–H and O–H groups in total. The van der Waals surface area contributed by atoms with Gasteiger partial charge in [0.05, 0.1) is 0 Å². The van der Waals surface area contributed by atoms with Gasteiger partial charge in [-0.25, -0.2) is 0 Å². The Bertz CT molecular complexity index is 203. The SMILES string of the molecule is Cc1cc2c([nH]1)CNC2. The molecule has 0 radical (unpaired) electrons. The standard InChI is InChI=1S/C7H10N2/c1-5-2-6-3-8-4-7(6)9-5/h2,8-9H,3-4H2,1H3. The topological polar surface area (TPSA) is 27.8 Å². The Labute approximate surface area is 54.3 Å². The summed E-state index contributed by atoms with van der Waals surface area (Å²) in [6.45, 7) is 4.15. The Hall–Kier alpha value is -0.760. The van der Waals surface area contributed by atoms with Crippen LogP contribution in [-0.2, 0) is 13.1 Å². The Kier molecular flexibility index (Phi) is 0.904. The van der Waals surface area contributed by atoms with Crippen molar-refractivity contribution in [1.29, 1.82) is 0 Å². The van der Waals surface area contributed by atoms with E-state index in [4.69, 9.17) is 0 Å². The van der Waals surface area contributed by atoms with E-state index in [1.165, 1.54) is 17.0 Å². The van der Waals surface area contributed by atoms with Crippen LogP contribution in [0.2, 0.25) is 0 Å². The fraction of sp³-hybridized carbons (Fsp3) is 0.429. The minimum Gasteiger partial charge on any atom is -0.361 e. The molecule has 1 aromatic heterocycles. The van der Waals surface area contributed by atoms with Crippen molar-refractivity contribution < 1.29 is 0 Å². The van der Waals surface area contributed by atoms with Crippen LogP contribution in [0.5, 0.6) is 0 Å². The molecular formula is C7H10N2. The molecule has 0 saturated heterocycles. The number of hydrogen-bond acceptors (Lipinski definition) is 1. The van der Waals surface area contributed by atoms with Gasteiger partial charge >= 0.3 is 0 Å². The number of nitrogens with one attached hydrogen (secondary N) is 2. The summed E-state index contributed by atoms with van der Waals surface area (Å²) in [5.74, 6) is 0. The first-order valence-corrected chi connectivity index (χ1v) is 3.24. The van der Waals surface area contributed by atoms with Crippen molar-refractivity contribution in [3.8, 4) is 0 Å². The molecule has 0 aromatic carbocycles. The van der Waals surface area contributed by atoms with Gasteiger partial charge < -0.3 is 10.3 Å². The molecule has 0 aliphatic carbocycles. The lowest BCUT2D eigenvalue weighted by Gasteiger charge is -1.87. The first-order chi connectivity index (χ1) is 4.36. The molecule has 2 nitrogen and oxygen atoms in total. The number of aryl methyl sites for hydroxylation is 1. The monoisotopic (exact) mass is 122 g/mol. The average Bonchev–Trinajstić information content (AvgIpc) is 2.22. The summed E-state index contributed by atoms with van der Waals surface area (Å²) in [5, 5.41) is 3.26. The lowest BCUT2D eigenvalue weighted by atomic mass is 10.3. The number of aromatic nitrogens is 1. The number of aromatic amines is 1. The first kappa shape index (κ1) is 5.06. The molecule has 0 bridgehead atoms. The summed E-state index contributed by atoms with van der Waals surface area (Å²) in [6.07, 6.45) is 0. The number of H-pyrrole nitrogens is 1. The molecule has 0 spiro atoms. The Balaban J connectivity index is 2.51. The third-order valence-corrected chi connectivity index (χ3v) is 1.74. The van der Waals surface area contributed by atoms with Crippen LogP contribution in [0.15, 0.2) is 6.07 Å². The summed E-state index contributed by atoms with van der Waals surface area (Å²) in [6, 6.07) is 2.20. The summed E-state index contributed by atoms with van der Waals surface area (Å²) in [4.78, 5) is 3.29. The van der Waals surface area contributed by atoms with Crippen LogP contribution in [0.1, 0.15) is 17.0 Å². The van der Waals surface area contributed by atoms with Gasteiger partial charge in [0.15, 0.2) is 0 Å². The van der Waals surface area contributed by atoms with Gasteiger partial charge in [-0.15, -0.1) is 0 Å². The van der Waals surface area contributed by atoms with Gasteiger partial charge in [-0.05, 0) is 18.6 Å². The normalized spacial score (nSPS) is 16.1. The summed E-state index contributed by atoms with van der Waals surface area (Å²) in [5.41, 5.74) is 4.08. The molecule has 0 amide bonds. The molecule has 1 aliphatic rings. The lowest BCUT2D eigenvalue weighted by molar-refractivity contribution is 0.751. The van der Waals surface area contributed by atoms with Gasteiger partial charge in [0.1, 0.15) is 0 Å². The highest BCUT2D eigenvalue weighted by Crippen LogP contribution is 2.14. The van der Waals surface area contributed by atoms with E-state index in [1.54, 1.807) is 0 Å². The smallest absolute Gasteiger partial charge is 0.0363 e. The maximum atomic E-state index is 3.29. The third-order valence-electron chi connectivity index (χ3n) is 1.74. The van der Waals surface area contributed by atoms with Crippen molar-refractivity contribution in [3.63, 3.8) is 0 Å². The number of hydrogen-bond donors (Lipinski definition) is 2. The van der Waals surface area contributed by atoms with Crippen LogP contribution in [0, 0.1) is 6.92 Å². The predicted octanol–water partition coefficient (Wildman–Crippen LogP) is 0.926. The fourth-order valence-corrected chi connectivity index (χ4v) is 1.34. The van der Waals surface area contributed by atoms with Gasteiger partial charge in [0.2, 0.25) is 0 Å². The van der Waals surface area contributed by atoms with E-state index in [9.17, 15) is 0 Å². The molecule has 0 saturated carbocycles. The largest absolute Gasteiger partial charge is 0.361 e. The molecule has 0 fully saturated rings. The second-order valence-electron chi connectivity index (χ2n) is 2.56. The van der Waals surface area contributed by atoms with Crippen molar-refractivity contribution in [1.82, 2.24) is 10.3 Å². The van der Waals surface area contributed by atoms with E-state index in [2.05, 4.69) is 23.3 Å². The van der Waals surface area contributed by atoms with Gasteiger partial charge in [-0.1, -0.05) is 0 Å². The molecule has 1 aromatic rings. The zero-order valence-electron chi connectivity index (χ0n) is 5.49. The van der Waals surface area contributed by atoms with Crippen LogP contribution in [0.25, 0.3) is 0 Å². The van der Waals surface area contributed by atoms with Crippen LogP contribution in [0.4, 0.5) is 0 Å². The summed E-state index contributed by atoms with van der Waals surface area (Å²) < 4.78 is 0. The maximum Gasteiger partial charge on any atom is 0.0363 e. The highest BCUT2D eigenvalue weighted by atomic mass is 14.9. The van der Waals surface area contributed by atoms with E-state index >= 15 is 0 Å². The zero-order valence-corrected chi connectivity index (χ0v) is 5.49. The fourth-order valence-electron chi connectivity index (χ4n) is 1.34. The summed E-state index contributed by atoms with van der Waals surface area (Å²) >= 11 is 0. The number of fused-ring (bicyclic) bond motifs is 1. The van der Waals surface area contributed by atoms with Crippen molar-refractivity contribution in [2.24, 2.45) is 0 Å². The highest BCUT2D eigenvalue weighted by Gasteiger charge is 2.10. The van der Waals surface area contributed by atoms with Gasteiger partial charge in [-0.3, -0.25) is 0 Å². The van der Waals surface area contributed by atoms with E-state index in [0.717, 1.165) is 13.1 Å². The molecule has 9 heavy (non-hydrogen) atoms. The van der Waals surface area contributed by atoms with Gasteiger partial charge in [0, 0.05) is 24.5 Å². The van der Waals surface area contributed by atoms with E-state index in [-0.39, 0.29) is 0 Å². The van der Waals surface area contributed by atoms with Crippen molar-refractivity contribution in [3.05, 3.63) is 23.0 Å². The molecule has 0 atom stereocenters. The van der Waals surface area contributed by atoms with Gasteiger partial charge in [0.25, 0.3) is 0 Å². The highest BCUT2D eigenvalue weighted by molar-refractivity contribution is 5.28. The quantitative estimate of drug-likeness (QED) is 0.526. The van der Waals surface area contributed by atoms with Crippen LogP contribution < -0.4 is 5.32 Å². The first-order valence-electron chi connectivity index (χ1n) is 3.24. The van der Waals surface area contributed by atoms with Crippen molar-refractivity contribution >= 4 is 0 Å². The predicted molar refractivity (Wildman–Crippen MR) is 36.1 cm³/mol. The van der Waals surface area contributed by atoms with Crippen LogP contribution >= 0.6 is 0 Å². The molecule has 2 heterocycles. The van der Waals surface area contributed by atoms with Crippen LogP contribution in [-0.4, -0.2) is 4.98 Å². The molecule has 0 unspecified atom stereocenters. The van der Waals surface area contributed by atoms with E-state index in [0.29, 0.717) is 0 Å². The Morgan fingerprint density at radius 1 is 1.44 bits per heavy atom. The third kappa shape index (κ3) is 0.669. The minimum atomic E-state index is 1.02. The maximum absolute atomic E-state index is 3.29. The van der Waals surface area contributed by atoms with E-state index in [1.807, 2.05) is 0 Å². The zero-order chi connectivity index (χ0) is 6.27. The molecule has 2 heteroatoms. The number of rotatable bonds is 0. The molecular weight excluding hydrogens is 112 g/mol. The second-order valence-corrected chi connectivity index (χ2v) is 2.56. The molecule has 48 valence electrons. The Morgan fingerprint density at radius 2 is 2.33 bits per heavy atom. The summed E-state index contributed by atoms with van der Waals surface area (Å²) in [7, 11) is 0. The Morgan fingerprint density at radius 3 is 3.11 bits per heavy atom. The van der Waals surface area contributed by atoms with E-state index < -0.39 is 0 Å². The van der Waals surface area contributed by atoms with Crippen molar-refractivity contribution in [2.45, 2.75) is 20.0 Å². The minimum absolute atomic E-state index is 1.02. The average molecular weight is 122 g/mol. The molecule has 2 rings (SSSR count). The van der Waals surface area contributed by atoms with Gasteiger partial charge in [-0.2, -0.15) is 0 Å². The van der Waals surface area contributed by atoms with Crippen LogP contribution in [0.3, 0.4) is 0 Å².